The molecular formula is C25H34FN7O. The first kappa shape index (κ1) is 22.8. The van der Waals surface area contributed by atoms with E-state index < -0.39 is 0 Å². The highest BCUT2D eigenvalue weighted by Crippen LogP contribution is 2.32. The van der Waals surface area contributed by atoms with E-state index in [1.54, 1.807) is 13.1 Å². The number of fused-ring (bicyclic) bond motifs is 2. The van der Waals surface area contributed by atoms with Crippen LogP contribution in [0.15, 0.2) is 35.9 Å². The molecule has 3 aliphatic heterocycles. The molecule has 8 nitrogen and oxygen atoms in total. The van der Waals surface area contributed by atoms with E-state index in [4.69, 9.17) is 4.98 Å². The third kappa shape index (κ3) is 4.17. The number of carbonyl (C=O) groups is 1. The summed E-state index contributed by atoms with van der Waals surface area (Å²) in [6.45, 7) is 9.58. The molecule has 0 spiro atoms. The second-order valence-electron chi connectivity index (χ2n) is 9.26. The Morgan fingerprint density at radius 2 is 1.91 bits per heavy atom. The van der Waals surface area contributed by atoms with Crippen LogP contribution < -0.4 is 10.2 Å². The van der Waals surface area contributed by atoms with Gasteiger partial charge >= 0.3 is 0 Å². The summed E-state index contributed by atoms with van der Waals surface area (Å²) < 4.78 is 16.2. The molecular weight excluding hydrogens is 433 g/mol. The summed E-state index contributed by atoms with van der Waals surface area (Å²) >= 11 is 0. The molecule has 0 aromatic carbocycles. The molecule has 2 aromatic rings. The third-order valence-corrected chi connectivity index (χ3v) is 7.14. The van der Waals surface area contributed by atoms with Gasteiger partial charge in [-0.05, 0) is 32.4 Å². The van der Waals surface area contributed by atoms with Gasteiger partial charge < -0.3 is 20.0 Å². The minimum Gasteiger partial charge on any atom is -0.366 e. The van der Waals surface area contributed by atoms with Crippen molar-refractivity contribution in [2.45, 2.75) is 33.1 Å². The molecule has 182 valence electrons. The van der Waals surface area contributed by atoms with Crippen LogP contribution in [-0.2, 0) is 17.6 Å². The Labute approximate surface area is 200 Å². The molecule has 0 atom stereocenters. The third-order valence-electron chi connectivity index (χ3n) is 7.14. The normalized spacial score (nSPS) is 20.4. The van der Waals surface area contributed by atoms with E-state index >= 15 is 0 Å². The Morgan fingerprint density at radius 1 is 1.18 bits per heavy atom. The van der Waals surface area contributed by atoms with E-state index in [0.717, 1.165) is 49.5 Å². The average Bonchev–Trinajstić information content (AvgIpc) is 3.17. The minimum absolute atomic E-state index is 0.0113. The standard InChI is InChI=1S/C25H34FN7O/c1-3-5-22(20(26)4-2)30-12-14-31(15-13-30)25(34)18-16-32(17-18)24-19-6-9-27-10-7-21(19)29-23-8-11-28-33(23)24/h4-5,8,11,18,27H,3,6-7,9-10,12-17H2,1-2H3/b20-4+,22-5+. The predicted molar refractivity (Wildman–Crippen MR) is 130 cm³/mol. The van der Waals surface area contributed by atoms with Gasteiger partial charge in [-0.3, -0.25) is 4.79 Å². The molecule has 0 saturated carbocycles. The van der Waals surface area contributed by atoms with Gasteiger partial charge in [0.25, 0.3) is 0 Å². The number of aromatic nitrogens is 3. The molecule has 0 bridgehead atoms. The van der Waals surface area contributed by atoms with Crippen molar-refractivity contribution in [3.8, 4) is 0 Å². The smallest absolute Gasteiger partial charge is 0.229 e. The van der Waals surface area contributed by atoms with Gasteiger partial charge in [0.05, 0.1) is 23.5 Å². The number of carbonyl (C=O) groups excluding carboxylic acids is 1. The zero-order valence-electron chi connectivity index (χ0n) is 20.1. The number of allylic oxidation sites excluding steroid dienone is 3. The van der Waals surface area contributed by atoms with Crippen LogP contribution in [0, 0.1) is 5.92 Å². The second kappa shape index (κ2) is 9.74. The van der Waals surface area contributed by atoms with E-state index in [1.807, 2.05) is 28.5 Å². The average molecular weight is 468 g/mol. The molecule has 0 radical (unpaired) electrons. The van der Waals surface area contributed by atoms with Crippen molar-refractivity contribution in [2.24, 2.45) is 5.92 Å². The molecule has 5 rings (SSSR count). The van der Waals surface area contributed by atoms with Gasteiger partial charge in [0.15, 0.2) is 5.65 Å². The zero-order valence-corrected chi connectivity index (χ0v) is 20.1. The second-order valence-corrected chi connectivity index (χ2v) is 9.26. The molecule has 2 saturated heterocycles. The quantitative estimate of drug-likeness (QED) is 0.680. The van der Waals surface area contributed by atoms with Crippen LogP contribution in [0.3, 0.4) is 0 Å². The number of hydrogen-bond donors (Lipinski definition) is 1. The Kier molecular flexibility index (Phi) is 6.54. The van der Waals surface area contributed by atoms with E-state index in [0.29, 0.717) is 45.0 Å². The molecule has 1 amide bonds. The van der Waals surface area contributed by atoms with Crippen molar-refractivity contribution in [3.05, 3.63) is 47.2 Å². The molecule has 34 heavy (non-hydrogen) atoms. The first-order chi connectivity index (χ1) is 16.6. The number of hydrogen-bond acceptors (Lipinski definition) is 6. The van der Waals surface area contributed by atoms with Gasteiger partial charge in [0.1, 0.15) is 11.6 Å². The fourth-order valence-electron chi connectivity index (χ4n) is 5.29. The molecule has 9 heteroatoms. The molecule has 3 aliphatic rings. The van der Waals surface area contributed by atoms with Crippen molar-refractivity contribution in [1.29, 1.82) is 0 Å². The highest BCUT2D eigenvalue weighted by atomic mass is 19.1. The highest BCUT2D eigenvalue weighted by Gasteiger charge is 2.39. The van der Waals surface area contributed by atoms with Crippen LogP contribution in [0.4, 0.5) is 10.2 Å². The number of nitrogens with zero attached hydrogens (tertiary/aromatic N) is 6. The van der Waals surface area contributed by atoms with Gasteiger partial charge in [-0.2, -0.15) is 9.61 Å². The summed E-state index contributed by atoms with van der Waals surface area (Å²) in [5, 5.41) is 7.99. The maximum Gasteiger partial charge on any atom is 0.229 e. The number of piperazine rings is 1. The first-order valence-corrected chi connectivity index (χ1v) is 12.5. The van der Waals surface area contributed by atoms with Crippen LogP contribution in [-0.4, -0.2) is 82.7 Å². The lowest BCUT2D eigenvalue weighted by atomic mass is 9.96. The molecule has 2 aromatic heterocycles. The van der Waals surface area contributed by atoms with Crippen LogP contribution in [0.5, 0.6) is 0 Å². The Bertz CT molecular complexity index is 1110. The number of nitrogens with one attached hydrogen (secondary N) is 1. The number of anilines is 1. The van der Waals surface area contributed by atoms with Gasteiger partial charge in [-0.1, -0.05) is 13.0 Å². The predicted octanol–water partition coefficient (Wildman–Crippen LogP) is 2.17. The van der Waals surface area contributed by atoms with Crippen LogP contribution in [0.2, 0.25) is 0 Å². The molecule has 1 N–H and O–H groups in total. The summed E-state index contributed by atoms with van der Waals surface area (Å²) in [6.07, 6.45) is 7.84. The fraction of sp³-hybridized carbons (Fsp3) is 0.560. The number of halogens is 1. The van der Waals surface area contributed by atoms with Crippen molar-refractivity contribution in [1.82, 2.24) is 29.7 Å². The molecule has 0 unspecified atom stereocenters. The highest BCUT2D eigenvalue weighted by molar-refractivity contribution is 5.82. The lowest BCUT2D eigenvalue weighted by Gasteiger charge is -2.44. The summed E-state index contributed by atoms with van der Waals surface area (Å²) in [5.41, 5.74) is 3.92. The van der Waals surface area contributed by atoms with Gasteiger partial charge in [-0.15, -0.1) is 0 Å². The maximum absolute atomic E-state index is 14.3. The van der Waals surface area contributed by atoms with Crippen molar-refractivity contribution >= 4 is 17.4 Å². The fourth-order valence-corrected chi connectivity index (χ4v) is 5.29. The SMILES string of the molecule is C/C=C(F)\C(=C/CC)N1CCN(C(=O)C2CN(c3c4c(nc5ccnn35)CCNCC4)C2)CC1. The minimum atomic E-state index is -0.187. The Hall–Kier alpha value is -2.94. The summed E-state index contributed by atoms with van der Waals surface area (Å²) in [6, 6.07) is 1.95. The van der Waals surface area contributed by atoms with E-state index in [-0.39, 0.29) is 17.7 Å². The molecule has 0 aliphatic carbocycles. The van der Waals surface area contributed by atoms with Crippen LogP contribution in [0.1, 0.15) is 31.5 Å². The van der Waals surface area contributed by atoms with Gasteiger partial charge in [0, 0.05) is 63.9 Å². The molecule has 5 heterocycles. The van der Waals surface area contributed by atoms with Gasteiger partial charge in [-0.25, -0.2) is 9.37 Å². The van der Waals surface area contributed by atoms with Crippen LogP contribution in [0.25, 0.3) is 5.65 Å². The first-order valence-electron chi connectivity index (χ1n) is 12.5. The van der Waals surface area contributed by atoms with Gasteiger partial charge in [0.2, 0.25) is 5.91 Å². The lowest BCUT2D eigenvalue weighted by Crippen LogP contribution is -2.58. The largest absolute Gasteiger partial charge is 0.366 e. The summed E-state index contributed by atoms with van der Waals surface area (Å²) in [7, 11) is 0. The van der Waals surface area contributed by atoms with E-state index in [9.17, 15) is 9.18 Å². The van der Waals surface area contributed by atoms with Crippen molar-refractivity contribution < 1.29 is 9.18 Å². The van der Waals surface area contributed by atoms with Crippen LogP contribution >= 0.6 is 0 Å². The summed E-state index contributed by atoms with van der Waals surface area (Å²) in [5.74, 6) is 1.11. The lowest BCUT2D eigenvalue weighted by molar-refractivity contribution is -0.137. The van der Waals surface area contributed by atoms with E-state index in [2.05, 4.69) is 20.2 Å². The van der Waals surface area contributed by atoms with E-state index in [1.165, 1.54) is 11.6 Å². The number of rotatable bonds is 5. The topological polar surface area (TPSA) is 69.0 Å². The Morgan fingerprint density at radius 3 is 2.65 bits per heavy atom. The maximum atomic E-state index is 14.3. The monoisotopic (exact) mass is 467 g/mol. The summed E-state index contributed by atoms with van der Waals surface area (Å²) in [4.78, 5) is 24.4. The Balaban J connectivity index is 1.25. The van der Waals surface area contributed by atoms with Crippen molar-refractivity contribution in [2.75, 3.05) is 57.3 Å². The molecule has 2 fully saturated rings. The zero-order chi connectivity index (χ0) is 23.7. The van der Waals surface area contributed by atoms with Crippen molar-refractivity contribution in [3.63, 3.8) is 0 Å². The number of amides is 1.